The van der Waals surface area contributed by atoms with Gasteiger partial charge in [-0.05, 0) is 76.6 Å². The molecule has 1 aromatic carbocycles. The molecule has 2 saturated heterocycles. The summed E-state index contributed by atoms with van der Waals surface area (Å²) < 4.78 is 32.7. The van der Waals surface area contributed by atoms with Crippen molar-refractivity contribution in [3.8, 4) is 0 Å². The number of amides is 1. The van der Waals surface area contributed by atoms with Crippen molar-refractivity contribution >= 4 is 12.1 Å². The third-order valence-electron chi connectivity index (χ3n) is 5.60. The van der Waals surface area contributed by atoms with Crippen LogP contribution in [0.3, 0.4) is 0 Å². The lowest BCUT2D eigenvalue weighted by Gasteiger charge is -2.40. The average molecular weight is 423 g/mol. The van der Waals surface area contributed by atoms with Crippen LogP contribution in [0.5, 0.6) is 0 Å². The summed E-state index contributed by atoms with van der Waals surface area (Å²) in [5, 5.41) is 6.59. The molecule has 2 unspecified atom stereocenters. The first kappa shape index (κ1) is 22.3. The molecule has 1 amide bonds. The first-order valence-electron chi connectivity index (χ1n) is 10.6. The van der Waals surface area contributed by atoms with Gasteiger partial charge in [0.15, 0.2) is 5.96 Å². The maximum atomic E-state index is 13.8. The molecule has 2 aliphatic rings. The van der Waals surface area contributed by atoms with Gasteiger partial charge in [0.05, 0.1) is 0 Å². The number of hydrogen-bond donors (Lipinski definition) is 2. The van der Waals surface area contributed by atoms with E-state index in [0.29, 0.717) is 24.5 Å². The Balaban J connectivity index is 1.50. The molecule has 1 aromatic rings. The van der Waals surface area contributed by atoms with Gasteiger partial charge >= 0.3 is 6.09 Å². The van der Waals surface area contributed by atoms with E-state index in [2.05, 4.69) is 15.6 Å². The van der Waals surface area contributed by atoms with Crippen molar-refractivity contribution in [1.82, 2.24) is 15.5 Å². The van der Waals surface area contributed by atoms with E-state index < -0.39 is 17.2 Å². The number of carbonyl (C=O) groups excluding carboxylic acids is 1. The number of piperidine rings is 1. The number of guanidine groups is 1. The standard InChI is InChI=1S/C22H32F2N4O2/c1-22(2,3)30-21(29)28-17-6-7-18(28)13-16(12-17)27-20(25-4)26-10-9-14-11-15(23)5-8-19(14)24/h5,8,11,16-18H,6-7,9-10,12-13H2,1-4H3,(H2,25,26,27). The number of nitrogens with one attached hydrogen (secondary N) is 2. The zero-order valence-electron chi connectivity index (χ0n) is 18.2. The summed E-state index contributed by atoms with van der Waals surface area (Å²) >= 11 is 0. The van der Waals surface area contributed by atoms with E-state index in [9.17, 15) is 13.6 Å². The lowest BCUT2D eigenvalue weighted by Crippen LogP contribution is -2.55. The molecule has 6 nitrogen and oxygen atoms in total. The molecule has 2 N–H and O–H groups in total. The Bertz CT molecular complexity index is 780. The molecule has 2 bridgehead atoms. The molecule has 2 atom stereocenters. The van der Waals surface area contributed by atoms with Gasteiger partial charge < -0.3 is 20.3 Å². The Labute approximate surface area is 177 Å². The van der Waals surface area contributed by atoms with E-state index in [1.165, 1.54) is 6.07 Å². The zero-order valence-corrected chi connectivity index (χ0v) is 18.2. The molecular weight excluding hydrogens is 390 g/mol. The second-order valence-corrected chi connectivity index (χ2v) is 9.07. The molecule has 3 rings (SSSR count). The summed E-state index contributed by atoms with van der Waals surface area (Å²) in [6.07, 6.45) is 3.74. The van der Waals surface area contributed by atoms with Crippen molar-refractivity contribution in [1.29, 1.82) is 0 Å². The molecule has 0 radical (unpaired) electrons. The number of benzene rings is 1. The number of ether oxygens (including phenoxy) is 1. The molecule has 0 aromatic heterocycles. The van der Waals surface area contributed by atoms with E-state index >= 15 is 0 Å². The zero-order chi connectivity index (χ0) is 21.9. The minimum absolute atomic E-state index is 0.163. The van der Waals surface area contributed by atoms with Crippen LogP contribution in [-0.2, 0) is 11.2 Å². The molecule has 30 heavy (non-hydrogen) atoms. The minimum atomic E-state index is -0.501. The molecule has 0 spiro atoms. The summed E-state index contributed by atoms with van der Waals surface area (Å²) in [4.78, 5) is 18.7. The van der Waals surface area contributed by atoms with Crippen LogP contribution in [0.15, 0.2) is 23.2 Å². The molecule has 166 valence electrons. The summed E-state index contributed by atoms with van der Waals surface area (Å²) in [6.45, 7) is 6.08. The summed E-state index contributed by atoms with van der Waals surface area (Å²) in [5.74, 6) is -0.227. The highest BCUT2D eigenvalue weighted by Crippen LogP contribution is 2.36. The highest BCUT2D eigenvalue weighted by atomic mass is 19.1. The number of nitrogens with zero attached hydrogens (tertiary/aromatic N) is 2. The van der Waals surface area contributed by atoms with Crippen LogP contribution in [0.2, 0.25) is 0 Å². The normalized spacial score (nSPS) is 24.0. The topological polar surface area (TPSA) is 66.0 Å². The van der Waals surface area contributed by atoms with Crippen LogP contribution in [0.4, 0.5) is 13.6 Å². The first-order valence-corrected chi connectivity index (χ1v) is 10.6. The molecule has 2 heterocycles. The predicted molar refractivity (Wildman–Crippen MR) is 112 cm³/mol. The van der Waals surface area contributed by atoms with Gasteiger partial charge in [-0.25, -0.2) is 13.6 Å². The van der Waals surface area contributed by atoms with Gasteiger partial charge in [0.25, 0.3) is 0 Å². The first-order chi connectivity index (χ1) is 14.2. The Morgan fingerprint density at radius 1 is 1.23 bits per heavy atom. The van der Waals surface area contributed by atoms with Crippen molar-refractivity contribution < 1.29 is 18.3 Å². The minimum Gasteiger partial charge on any atom is -0.444 e. The Morgan fingerprint density at radius 2 is 1.90 bits per heavy atom. The number of rotatable bonds is 4. The van der Waals surface area contributed by atoms with Crippen LogP contribution < -0.4 is 10.6 Å². The van der Waals surface area contributed by atoms with Crippen molar-refractivity contribution in [3.05, 3.63) is 35.4 Å². The Hall–Kier alpha value is -2.38. The molecule has 0 saturated carbocycles. The smallest absolute Gasteiger partial charge is 0.410 e. The average Bonchev–Trinajstić information content (AvgIpc) is 2.93. The largest absolute Gasteiger partial charge is 0.444 e. The van der Waals surface area contributed by atoms with Crippen LogP contribution in [-0.4, -0.2) is 54.3 Å². The number of aliphatic imine (C=N–C) groups is 1. The van der Waals surface area contributed by atoms with Crippen molar-refractivity contribution in [3.63, 3.8) is 0 Å². The molecular formula is C22H32F2N4O2. The second kappa shape index (κ2) is 9.18. The highest BCUT2D eigenvalue weighted by molar-refractivity contribution is 5.80. The van der Waals surface area contributed by atoms with Crippen molar-refractivity contribution in [2.45, 2.75) is 76.6 Å². The maximum absolute atomic E-state index is 13.8. The van der Waals surface area contributed by atoms with Crippen LogP contribution in [0.1, 0.15) is 52.0 Å². The van der Waals surface area contributed by atoms with Gasteiger partial charge in [-0.1, -0.05) is 0 Å². The summed E-state index contributed by atoms with van der Waals surface area (Å²) in [7, 11) is 1.68. The second-order valence-electron chi connectivity index (χ2n) is 9.07. The third kappa shape index (κ3) is 5.61. The summed E-state index contributed by atoms with van der Waals surface area (Å²) in [6, 6.07) is 4.00. The predicted octanol–water partition coefficient (Wildman–Crippen LogP) is 3.60. The van der Waals surface area contributed by atoms with E-state index in [1.807, 2.05) is 25.7 Å². The number of fused-ring (bicyclic) bond motifs is 2. The fourth-order valence-corrected chi connectivity index (χ4v) is 4.35. The monoisotopic (exact) mass is 422 g/mol. The van der Waals surface area contributed by atoms with Crippen LogP contribution >= 0.6 is 0 Å². The van der Waals surface area contributed by atoms with Gasteiger partial charge in [-0.3, -0.25) is 4.99 Å². The Morgan fingerprint density at radius 3 is 2.50 bits per heavy atom. The van der Waals surface area contributed by atoms with E-state index in [4.69, 9.17) is 4.74 Å². The van der Waals surface area contributed by atoms with Crippen LogP contribution in [0.25, 0.3) is 0 Å². The van der Waals surface area contributed by atoms with E-state index in [1.54, 1.807) is 7.05 Å². The lowest BCUT2D eigenvalue weighted by molar-refractivity contribution is 0.00545. The van der Waals surface area contributed by atoms with E-state index in [-0.39, 0.29) is 24.2 Å². The molecule has 8 heteroatoms. The van der Waals surface area contributed by atoms with Crippen molar-refractivity contribution in [2.75, 3.05) is 13.6 Å². The summed E-state index contributed by atoms with van der Waals surface area (Å²) in [5.41, 5.74) is -0.166. The highest BCUT2D eigenvalue weighted by Gasteiger charge is 2.45. The number of carbonyl (C=O) groups is 1. The van der Waals surface area contributed by atoms with Gasteiger partial charge in [0, 0.05) is 31.7 Å². The van der Waals surface area contributed by atoms with Gasteiger partial charge in [-0.15, -0.1) is 0 Å². The fourth-order valence-electron chi connectivity index (χ4n) is 4.35. The van der Waals surface area contributed by atoms with Crippen LogP contribution in [0, 0.1) is 11.6 Å². The third-order valence-corrected chi connectivity index (χ3v) is 5.60. The number of halogens is 2. The van der Waals surface area contributed by atoms with Gasteiger partial charge in [0.2, 0.25) is 0 Å². The quantitative estimate of drug-likeness (QED) is 0.575. The molecule has 2 aliphatic heterocycles. The van der Waals surface area contributed by atoms with Gasteiger partial charge in [-0.2, -0.15) is 0 Å². The lowest BCUT2D eigenvalue weighted by atomic mass is 9.98. The van der Waals surface area contributed by atoms with Gasteiger partial charge in [0.1, 0.15) is 17.2 Å². The number of hydrogen-bond acceptors (Lipinski definition) is 3. The fraction of sp³-hybridized carbons (Fsp3) is 0.636. The van der Waals surface area contributed by atoms with E-state index in [0.717, 1.165) is 37.8 Å². The SMILES string of the molecule is CN=C(NCCc1cc(F)ccc1F)NC1CC2CCC(C1)N2C(=O)OC(C)(C)C. The molecule has 2 fully saturated rings. The molecule has 0 aliphatic carbocycles. The maximum Gasteiger partial charge on any atom is 0.410 e. The Kier molecular flexibility index (Phi) is 6.83. The van der Waals surface area contributed by atoms with Crippen molar-refractivity contribution in [2.24, 2.45) is 4.99 Å².